The standard InChI is InChI=1S/C26H19Br2N3O3/c1-2-33-22-9-7-21(8-10-22)31-26(32)20(15-30)11-17-12-23(27)25(24(28)13-17)34-16-19-6-4-3-5-18(19)14-29/h3-13H,2,16H2,1H3,(H,31,32)/b20-11-. The molecule has 3 rings (SSSR count). The third-order valence-electron chi connectivity index (χ3n) is 4.63. The van der Waals surface area contributed by atoms with Gasteiger partial charge in [-0.1, -0.05) is 18.2 Å². The van der Waals surface area contributed by atoms with Crippen LogP contribution in [-0.4, -0.2) is 12.5 Å². The Bertz CT molecular complexity index is 1280. The van der Waals surface area contributed by atoms with Gasteiger partial charge in [-0.05, 0) is 92.9 Å². The Hall–Kier alpha value is -3.59. The molecule has 3 aromatic rings. The summed E-state index contributed by atoms with van der Waals surface area (Å²) in [5.74, 6) is 0.722. The van der Waals surface area contributed by atoms with Crippen LogP contribution in [0.4, 0.5) is 5.69 Å². The highest BCUT2D eigenvalue weighted by Crippen LogP contribution is 2.36. The second kappa shape index (κ2) is 12.0. The molecule has 1 amide bonds. The minimum Gasteiger partial charge on any atom is -0.494 e. The number of halogens is 2. The molecule has 0 atom stereocenters. The van der Waals surface area contributed by atoms with E-state index in [9.17, 15) is 15.3 Å². The molecule has 0 aliphatic rings. The Kier molecular flexibility index (Phi) is 8.86. The van der Waals surface area contributed by atoms with Crippen LogP contribution in [0.15, 0.2) is 75.2 Å². The summed E-state index contributed by atoms with van der Waals surface area (Å²) < 4.78 is 12.6. The zero-order valence-electron chi connectivity index (χ0n) is 18.1. The van der Waals surface area contributed by atoms with Crippen molar-refractivity contribution in [1.29, 1.82) is 10.5 Å². The fraction of sp³-hybridized carbons (Fsp3) is 0.115. The van der Waals surface area contributed by atoms with E-state index in [0.717, 1.165) is 5.56 Å². The molecule has 0 heterocycles. The number of hydrogen-bond donors (Lipinski definition) is 1. The quantitative estimate of drug-likeness (QED) is 0.239. The van der Waals surface area contributed by atoms with Crippen molar-refractivity contribution < 1.29 is 14.3 Å². The second-order valence-corrected chi connectivity index (χ2v) is 8.66. The predicted octanol–water partition coefficient (Wildman–Crippen LogP) is 6.61. The fourth-order valence-electron chi connectivity index (χ4n) is 3.02. The van der Waals surface area contributed by atoms with Crippen LogP contribution in [0.1, 0.15) is 23.6 Å². The first-order chi connectivity index (χ1) is 16.4. The Morgan fingerprint density at radius 3 is 2.32 bits per heavy atom. The van der Waals surface area contributed by atoms with Crippen LogP contribution in [0.3, 0.4) is 0 Å². The molecule has 34 heavy (non-hydrogen) atoms. The molecule has 6 nitrogen and oxygen atoms in total. The lowest BCUT2D eigenvalue weighted by Gasteiger charge is -2.12. The molecule has 3 aromatic carbocycles. The van der Waals surface area contributed by atoms with Gasteiger partial charge in [0.2, 0.25) is 0 Å². The maximum Gasteiger partial charge on any atom is 0.266 e. The van der Waals surface area contributed by atoms with Gasteiger partial charge in [-0.2, -0.15) is 10.5 Å². The first-order valence-corrected chi connectivity index (χ1v) is 11.8. The first kappa shape index (κ1) is 25.0. The number of carbonyl (C=O) groups is 1. The Morgan fingerprint density at radius 2 is 1.71 bits per heavy atom. The van der Waals surface area contributed by atoms with Gasteiger partial charge in [0.25, 0.3) is 5.91 Å². The molecule has 0 aliphatic heterocycles. The van der Waals surface area contributed by atoms with Crippen LogP contribution in [0.25, 0.3) is 6.08 Å². The van der Waals surface area contributed by atoms with Gasteiger partial charge in [0, 0.05) is 11.3 Å². The number of benzene rings is 3. The highest BCUT2D eigenvalue weighted by atomic mass is 79.9. The van der Waals surface area contributed by atoms with E-state index in [1.165, 1.54) is 6.08 Å². The number of carbonyl (C=O) groups excluding carboxylic acids is 1. The van der Waals surface area contributed by atoms with E-state index < -0.39 is 5.91 Å². The van der Waals surface area contributed by atoms with Gasteiger partial charge in [-0.25, -0.2) is 0 Å². The maximum absolute atomic E-state index is 12.6. The molecule has 0 saturated heterocycles. The lowest BCUT2D eigenvalue weighted by Crippen LogP contribution is -2.13. The summed E-state index contributed by atoms with van der Waals surface area (Å²) in [5, 5.41) is 21.5. The molecule has 0 fully saturated rings. The van der Waals surface area contributed by atoms with E-state index in [0.29, 0.717) is 43.9 Å². The summed E-state index contributed by atoms with van der Waals surface area (Å²) in [6, 6.07) is 21.7. The van der Waals surface area contributed by atoms with Crippen molar-refractivity contribution in [2.75, 3.05) is 11.9 Å². The van der Waals surface area contributed by atoms with Gasteiger partial charge in [0.15, 0.2) is 0 Å². The highest BCUT2D eigenvalue weighted by molar-refractivity contribution is 9.11. The van der Waals surface area contributed by atoms with Gasteiger partial charge >= 0.3 is 0 Å². The monoisotopic (exact) mass is 579 g/mol. The van der Waals surface area contributed by atoms with Crippen LogP contribution in [0.2, 0.25) is 0 Å². The van der Waals surface area contributed by atoms with Gasteiger partial charge in [0.05, 0.1) is 27.2 Å². The molecule has 8 heteroatoms. The third-order valence-corrected chi connectivity index (χ3v) is 5.81. The molecule has 0 aromatic heterocycles. The minimum atomic E-state index is -0.521. The second-order valence-electron chi connectivity index (χ2n) is 6.95. The summed E-state index contributed by atoms with van der Waals surface area (Å²) >= 11 is 6.97. The van der Waals surface area contributed by atoms with Crippen LogP contribution in [0.5, 0.6) is 11.5 Å². The van der Waals surface area contributed by atoms with Gasteiger partial charge < -0.3 is 14.8 Å². The van der Waals surface area contributed by atoms with Crippen molar-refractivity contribution in [2.24, 2.45) is 0 Å². The van der Waals surface area contributed by atoms with E-state index >= 15 is 0 Å². The van der Waals surface area contributed by atoms with Crippen LogP contribution >= 0.6 is 31.9 Å². The van der Waals surface area contributed by atoms with Crippen molar-refractivity contribution in [2.45, 2.75) is 13.5 Å². The van der Waals surface area contributed by atoms with E-state index in [1.54, 1.807) is 48.5 Å². The van der Waals surface area contributed by atoms with Crippen LogP contribution in [0, 0.1) is 22.7 Å². The number of nitriles is 2. The minimum absolute atomic E-state index is 0.0516. The molecular formula is C26H19Br2N3O3. The Balaban J connectivity index is 1.75. The molecule has 170 valence electrons. The smallest absolute Gasteiger partial charge is 0.266 e. The number of hydrogen-bond acceptors (Lipinski definition) is 5. The molecule has 0 radical (unpaired) electrons. The van der Waals surface area contributed by atoms with Crippen molar-refractivity contribution >= 4 is 49.5 Å². The Labute approximate surface area is 214 Å². The SMILES string of the molecule is CCOc1ccc(NC(=O)/C(C#N)=C\c2cc(Br)c(OCc3ccccc3C#N)c(Br)c2)cc1. The average molecular weight is 581 g/mol. The number of amides is 1. The molecule has 0 bridgehead atoms. The molecule has 0 aliphatic carbocycles. The van der Waals surface area contributed by atoms with E-state index in [4.69, 9.17) is 9.47 Å². The van der Waals surface area contributed by atoms with E-state index in [2.05, 4.69) is 43.2 Å². The largest absolute Gasteiger partial charge is 0.494 e. The summed E-state index contributed by atoms with van der Waals surface area (Å²) in [6.07, 6.45) is 1.49. The van der Waals surface area contributed by atoms with Gasteiger partial charge in [-0.3, -0.25) is 4.79 Å². The number of anilines is 1. The zero-order chi connectivity index (χ0) is 24.5. The maximum atomic E-state index is 12.6. The van der Waals surface area contributed by atoms with Crippen molar-refractivity contribution in [3.63, 3.8) is 0 Å². The fourth-order valence-corrected chi connectivity index (χ4v) is 4.47. The van der Waals surface area contributed by atoms with E-state index in [1.807, 2.05) is 25.1 Å². The normalized spacial score (nSPS) is 10.7. The predicted molar refractivity (Wildman–Crippen MR) is 137 cm³/mol. The number of rotatable bonds is 8. The lowest BCUT2D eigenvalue weighted by molar-refractivity contribution is -0.112. The topological polar surface area (TPSA) is 95.1 Å². The third kappa shape index (κ3) is 6.48. The van der Waals surface area contributed by atoms with E-state index in [-0.39, 0.29) is 12.2 Å². The number of nitrogens with zero attached hydrogens (tertiary/aromatic N) is 2. The summed E-state index contributed by atoms with van der Waals surface area (Å²) in [4.78, 5) is 12.6. The van der Waals surface area contributed by atoms with Gasteiger partial charge in [0.1, 0.15) is 29.7 Å². The highest BCUT2D eigenvalue weighted by Gasteiger charge is 2.13. The van der Waals surface area contributed by atoms with Crippen molar-refractivity contribution in [3.05, 3.63) is 91.9 Å². The van der Waals surface area contributed by atoms with Gasteiger partial charge in [-0.15, -0.1) is 0 Å². The number of nitrogens with one attached hydrogen (secondary N) is 1. The van der Waals surface area contributed by atoms with Crippen molar-refractivity contribution in [3.8, 4) is 23.6 Å². The average Bonchev–Trinajstić information content (AvgIpc) is 2.83. The molecule has 0 spiro atoms. The summed E-state index contributed by atoms with van der Waals surface area (Å²) in [7, 11) is 0. The van der Waals surface area contributed by atoms with Crippen LogP contribution in [-0.2, 0) is 11.4 Å². The molecule has 1 N–H and O–H groups in total. The molecular weight excluding hydrogens is 562 g/mol. The molecule has 0 unspecified atom stereocenters. The lowest BCUT2D eigenvalue weighted by atomic mass is 10.1. The summed E-state index contributed by atoms with van der Waals surface area (Å²) in [5.41, 5.74) is 2.45. The summed E-state index contributed by atoms with van der Waals surface area (Å²) in [6.45, 7) is 2.65. The number of ether oxygens (including phenoxy) is 2. The van der Waals surface area contributed by atoms with Crippen molar-refractivity contribution in [1.82, 2.24) is 0 Å². The first-order valence-electron chi connectivity index (χ1n) is 10.2. The van der Waals surface area contributed by atoms with Crippen LogP contribution < -0.4 is 14.8 Å². The Morgan fingerprint density at radius 1 is 1.03 bits per heavy atom. The molecule has 0 saturated carbocycles. The zero-order valence-corrected chi connectivity index (χ0v) is 21.3.